The van der Waals surface area contributed by atoms with Crippen LogP contribution in [0.15, 0.2) is 66.7 Å². The minimum absolute atomic E-state index is 0.199. The van der Waals surface area contributed by atoms with Crippen LogP contribution in [0.1, 0.15) is 34.0 Å². The minimum atomic E-state index is -4.44. The summed E-state index contributed by atoms with van der Waals surface area (Å²) in [5.74, 6) is -0.894. The predicted octanol–water partition coefficient (Wildman–Crippen LogP) is 5.26. The van der Waals surface area contributed by atoms with Gasteiger partial charge in [0.25, 0.3) is 5.91 Å². The second kappa shape index (κ2) is 11.4. The molecule has 0 aromatic heterocycles. The molecule has 3 aromatic carbocycles. The molecule has 0 bridgehead atoms. The summed E-state index contributed by atoms with van der Waals surface area (Å²) in [5, 5.41) is 5.42. The van der Waals surface area contributed by atoms with Crippen molar-refractivity contribution in [2.75, 3.05) is 25.0 Å². The molecule has 198 valence electrons. The molecule has 1 aliphatic rings. The van der Waals surface area contributed by atoms with Gasteiger partial charge in [-0.25, -0.2) is 4.79 Å². The number of nitrogens with zero attached hydrogens (tertiary/aromatic N) is 1. The van der Waals surface area contributed by atoms with Crippen molar-refractivity contribution >= 4 is 23.6 Å². The van der Waals surface area contributed by atoms with Gasteiger partial charge in [-0.2, -0.15) is 13.2 Å². The Morgan fingerprint density at radius 3 is 2.42 bits per heavy atom. The number of halogens is 3. The van der Waals surface area contributed by atoms with Gasteiger partial charge in [-0.15, -0.1) is 0 Å². The molecule has 0 unspecified atom stereocenters. The molecule has 10 heteroatoms. The number of hydrogen-bond acceptors (Lipinski definition) is 4. The Morgan fingerprint density at radius 2 is 1.71 bits per heavy atom. The van der Waals surface area contributed by atoms with E-state index in [0.717, 1.165) is 23.3 Å². The summed E-state index contributed by atoms with van der Waals surface area (Å²) in [4.78, 5) is 38.6. The molecule has 7 nitrogen and oxygen atoms in total. The maximum atomic E-state index is 13.1. The average Bonchev–Trinajstić information content (AvgIpc) is 2.91. The van der Waals surface area contributed by atoms with E-state index in [1.54, 1.807) is 42.2 Å². The fourth-order valence-corrected chi connectivity index (χ4v) is 4.25. The first-order valence-electron chi connectivity index (χ1n) is 12.0. The Hall–Kier alpha value is -4.34. The van der Waals surface area contributed by atoms with Crippen LogP contribution in [-0.4, -0.2) is 42.5 Å². The zero-order valence-corrected chi connectivity index (χ0v) is 20.6. The van der Waals surface area contributed by atoms with Crippen LogP contribution in [-0.2, 0) is 28.7 Å². The lowest BCUT2D eigenvalue weighted by Gasteiger charge is -2.29. The summed E-state index contributed by atoms with van der Waals surface area (Å²) in [6.07, 6.45) is -3.88. The van der Waals surface area contributed by atoms with Gasteiger partial charge < -0.3 is 20.3 Å². The van der Waals surface area contributed by atoms with Crippen molar-refractivity contribution < 1.29 is 32.3 Å². The number of fused-ring (bicyclic) bond motifs is 1. The Kier molecular flexibility index (Phi) is 7.99. The molecule has 0 saturated heterocycles. The van der Waals surface area contributed by atoms with Crippen LogP contribution in [0.2, 0.25) is 0 Å². The third kappa shape index (κ3) is 6.31. The molecule has 3 aromatic rings. The highest BCUT2D eigenvalue weighted by molar-refractivity contribution is 6.08. The highest BCUT2D eigenvalue weighted by Gasteiger charge is 2.30. The number of alkyl halides is 3. The number of esters is 1. The molecule has 1 heterocycles. The molecule has 0 radical (unpaired) electrons. The van der Waals surface area contributed by atoms with Crippen LogP contribution in [0.4, 0.5) is 23.7 Å². The zero-order chi connectivity index (χ0) is 27.3. The predicted molar refractivity (Wildman–Crippen MR) is 135 cm³/mol. The van der Waals surface area contributed by atoms with E-state index in [1.807, 2.05) is 12.1 Å². The Labute approximate surface area is 217 Å². The van der Waals surface area contributed by atoms with Gasteiger partial charge in [0.05, 0.1) is 12.2 Å². The number of hydrogen-bond donors (Lipinski definition) is 2. The zero-order valence-electron chi connectivity index (χ0n) is 20.6. The lowest BCUT2D eigenvalue weighted by atomic mass is 9.97. The molecule has 3 amide bonds. The quantitative estimate of drug-likeness (QED) is 0.430. The largest absolute Gasteiger partial charge is 0.465 e. The number of carbonyl (C=O) groups is 3. The maximum absolute atomic E-state index is 13.1. The molecule has 1 aliphatic heterocycles. The summed E-state index contributed by atoms with van der Waals surface area (Å²) in [5.41, 5.74) is 3.05. The summed E-state index contributed by atoms with van der Waals surface area (Å²) < 4.78 is 43.6. The Bertz CT molecular complexity index is 1340. The number of rotatable bonds is 6. The van der Waals surface area contributed by atoms with Crippen LogP contribution in [0.25, 0.3) is 11.1 Å². The topological polar surface area (TPSA) is 87.7 Å². The smallest absolute Gasteiger partial charge is 0.416 e. The van der Waals surface area contributed by atoms with Gasteiger partial charge >= 0.3 is 18.2 Å². The van der Waals surface area contributed by atoms with E-state index in [-0.39, 0.29) is 19.2 Å². The molecule has 0 aliphatic carbocycles. The third-order valence-corrected chi connectivity index (χ3v) is 6.15. The molecule has 4 rings (SSSR count). The first-order chi connectivity index (χ1) is 18.2. The van der Waals surface area contributed by atoms with Crippen molar-refractivity contribution in [3.63, 3.8) is 0 Å². The van der Waals surface area contributed by atoms with E-state index in [4.69, 9.17) is 4.74 Å². The maximum Gasteiger partial charge on any atom is 0.416 e. The first-order valence-corrected chi connectivity index (χ1v) is 12.0. The number of urea groups is 1. The van der Waals surface area contributed by atoms with E-state index in [1.165, 1.54) is 12.1 Å². The Morgan fingerprint density at radius 1 is 0.974 bits per heavy atom. The van der Waals surface area contributed by atoms with E-state index in [0.29, 0.717) is 41.9 Å². The summed E-state index contributed by atoms with van der Waals surface area (Å²) in [7, 11) is 0. The van der Waals surface area contributed by atoms with Crippen molar-refractivity contribution in [2.45, 2.75) is 26.1 Å². The van der Waals surface area contributed by atoms with E-state index < -0.39 is 23.6 Å². The van der Waals surface area contributed by atoms with Gasteiger partial charge in [0.15, 0.2) is 0 Å². The van der Waals surface area contributed by atoms with Gasteiger partial charge in [-0.3, -0.25) is 9.59 Å². The SMILES string of the molecule is CCOC(=O)CNC(=O)N1CCc2cc(NC(=O)c3ccccc3-c3ccc(C(F)(F)F)cc3)ccc2C1. The van der Waals surface area contributed by atoms with Crippen LogP contribution in [0.3, 0.4) is 0 Å². The van der Waals surface area contributed by atoms with Crippen molar-refractivity contribution in [1.82, 2.24) is 10.2 Å². The van der Waals surface area contributed by atoms with Gasteiger partial charge in [-0.1, -0.05) is 36.4 Å². The van der Waals surface area contributed by atoms with Crippen LogP contribution >= 0.6 is 0 Å². The van der Waals surface area contributed by atoms with Gasteiger partial charge in [-0.05, 0) is 65.9 Å². The number of carbonyl (C=O) groups excluding carboxylic acids is 3. The molecule has 0 atom stereocenters. The first kappa shape index (κ1) is 26.7. The summed E-state index contributed by atoms with van der Waals surface area (Å²) in [6, 6.07) is 16.5. The van der Waals surface area contributed by atoms with Gasteiger partial charge in [0.1, 0.15) is 6.54 Å². The second-order valence-corrected chi connectivity index (χ2v) is 8.69. The number of ether oxygens (including phenoxy) is 1. The molecule has 38 heavy (non-hydrogen) atoms. The highest BCUT2D eigenvalue weighted by Crippen LogP contribution is 2.32. The van der Waals surface area contributed by atoms with Gasteiger partial charge in [0, 0.05) is 24.3 Å². The standard InChI is InChI=1S/C28H26F3N3O4/c1-2-38-25(35)16-32-27(37)34-14-13-19-15-22(12-9-20(19)17-34)33-26(36)24-6-4-3-5-23(24)18-7-10-21(11-8-18)28(29,30)31/h3-12,15H,2,13-14,16-17H2,1H3,(H,32,37)(H,33,36). The summed E-state index contributed by atoms with van der Waals surface area (Å²) in [6.45, 7) is 2.53. The Balaban J connectivity index is 1.43. The third-order valence-electron chi connectivity index (χ3n) is 6.15. The second-order valence-electron chi connectivity index (χ2n) is 8.69. The monoisotopic (exact) mass is 525 g/mol. The molecule has 0 saturated carbocycles. The number of anilines is 1. The molecule has 0 fully saturated rings. The van der Waals surface area contributed by atoms with E-state index in [9.17, 15) is 27.6 Å². The average molecular weight is 526 g/mol. The number of benzene rings is 3. The van der Waals surface area contributed by atoms with E-state index in [2.05, 4.69) is 10.6 Å². The van der Waals surface area contributed by atoms with Crippen molar-refractivity contribution in [2.24, 2.45) is 0 Å². The fourth-order valence-electron chi connectivity index (χ4n) is 4.25. The van der Waals surface area contributed by atoms with Crippen LogP contribution in [0, 0.1) is 0 Å². The molecular formula is C28H26F3N3O4. The van der Waals surface area contributed by atoms with Crippen LogP contribution < -0.4 is 10.6 Å². The highest BCUT2D eigenvalue weighted by atomic mass is 19.4. The normalized spacial score (nSPS) is 12.9. The number of nitrogens with one attached hydrogen (secondary N) is 2. The summed E-state index contributed by atoms with van der Waals surface area (Å²) >= 11 is 0. The minimum Gasteiger partial charge on any atom is -0.465 e. The van der Waals surface area contributed by atoms with Crippen molar-refractivity contribution in [3.8, 4) is 11.1 Å². The van der Waals surface area contributed by atoms with Gasteiger partial charge in [0.2, 0.25) is 0 Å². The fraction of sp³-hybridized carbons (Fsp3) is 0.250. The van der Waals surface area contributed by atoms with Crippen LogP contribution in [0.5, 0.6) is 0 Å². The molecule has 2 N–H and O–H groups in total. The van der Waals surface area contributed by atoms with E-state index >= 15 is 0 Å². The lowest BCUT2D eigenvalue weighted by Crippen LogP contribution is -2.44. The van der Waals surface area contributed by atoms with Crippen molar-refractivity contribution in [1.29, 1.82) is 0 Å². The molecule has 0 spiro atoms. The lowest BCUT2D eigenvalue weighted by molar-refractivity contribution is -0.142. The molecular weight excluding hydrogens is 499 g/mol. The van der Waals surface area contributed by atoms with Crippen molar-refractivity contribution in [3.05, 3.63) is 89.0 Å². The number of amides is 3.